The highest BCUT2D eigenvalue weighted by atomic mass is 35.5. The summed E-state index contributed by atoms with van der Waals surface area (Å²) >= 11 is 17.9. The molecule has 31 heavy (non-hydrogen) atoms. The quantitative estimate of drug-likeness (QED) is 0.427. The van der Waals surface area contributed by atoms with E-state index in [-0.39, 0.29) is 20.6 Å². The van der Waals surface area contributed by atoms with Crippen molar-refractivity contribution in [3.63, 3.8) is 0 Å². The van der Waals surface area contributed by atoms with E-state index in [1.807, 2.05) is 0 Å². The van der Waals surface area contributed by atoms with Gasteiger partial charge in [-0.2, -0.15) is 0 Å². The smallest absolute Gasteiger partial charge is 0.265 e. The Kier molecular flexibility index (Phi) is 7.33. The van der Waals surface area contributed by atoms with Gasteiger partial charge in [0, 0.05) is 10.7 Å². The van der Waals surface area contributed by atoms with Crippen LogP contribution in [-0.4, -0.2) is 20.4 Å². The van der Waals surface area contributed by atoms with Crippen LogP contribution in [0.15, 0.2) is 71.6 Å². The molecule has 0 aromatic heterocycles. The van der Waals surface area contributed by atoms with Crippen LogP contribution in [-0.2, 0) is 14.8 Å². The summed E-state index contributed by atoms with van der Waals surface area (Å²) in [5.74, 6) is 0.0572. The van der Waals surface area contributed by atoms with E-state index in [0.29, 0.717) is 16.5 Å². The highest BCUT2D eigenvalue weighted by molar-refractivity contribution is 7.92. The van der Waals surface area contributed by atoms with Gasteiger partial charge in [-0.1, -0.05) is 46.9 Å². The minimum absolute atomic E-state index is 0.00947. The Morgan fingerprint density at radius 1 is 0.968 bits per heavy atom. The molecule has 3 aromatic rings. The lowest BCUT2D eigenvalue weighted by Gasteiger charge is -2.15. The number of rotatable bonds is 7. The summed E-state index contributed by atoms with van der Waals surface area (Å²) in [6, 6.07) is 17.0. The number of benzene rings is 3. The van der Waals surface area contributed by atoms with Crippen molar-refractivity contribution in [1.29, 1.82) is 0 Å². The number of halogens is 3. The minimum atomic E-state index is -3.90. The second-order valence-electron chi connectivity index (χ2n) is 6.44. The monoisotopic (exact) mass is 498 g/mol. The van der Waals surface area contributed by atoms with Crippen LogP contribution in [0.2, 0.25) is 15.1 Å². The standard InChI is InChI=1S/C21H17Cl3N2O4S/c1-13(30-16-5-2-4-14(22)12-16)21(27)25-15-8-10-17(11-9-15)31(28,29)26-19-7-3-6-18(23)20(19)24/h2-13,26H,1H3,(H,25,27)/t13-/m0/s1. The zero-order valence-electron chi connectivity index (χ0n) is 16.1. The predicted molar refractivity (Wildman–Crippen MR) is 124 cm³/mol. The Bertz CT molecular complexity index is 1200. The van der Waals surface area contributed by atoms with Gasteiger partial charge in [0.2, 0.25) is 0 Å². The van der Waals surface area contributed by atoms with Crippen LogP contribution in [0.25, 0.3) is 0 Å². The minimum Gasteiger partial charge on any atom is -0.481 e. The van der Waals surface area contributed by atoms with Gasteiger partial charge in [0.25, 0.3) is 15.9 Å². The van der Waals surface area contributed by atoms with Gasteiger partial charge < -0.3 is 10.1 Å². The maximum atomic E-state index is 12.6. The van der Waals surface area contributed by atoms with Gasteiger partial charge in [-0.05, 0) is 61.5 Å². The van der Waals surface area contributed by atoms with E-state index in [2.05, 4.69) is 10.0 Å². The van der Waals surface area contributed by atoms with E-state index in [1.54, 1.807) is 43.3 Å². The molecule has 6 nitrogen and oxygen atoms in total. The Balaban J connectivity index is 1.66. The van der Waals surface area contributed by atoms with Gasteiger partial charge in [-0.25, -0.2) is 8.42 Å². The molecule has 0 fully saturated rings. The lowest BCUT2D eigenvalue weighted by molar-refractivity contribution is -0.122. The summed E-state index contributed by atoms with van der Waals surface area (Å²) in [6.07, 6.45) is -0.798. The van der Waals surface area contributed by atoms with E-state index in [0.717, 1.165) is 0 Å². The van der Waals surface area contributed by atoms with E-state index >= 15 is 0 Å². The van der Waals surface area contributed by atoms with Crippen molar-refractivity contribution < 1.29 is 17.9 Å². The van der Waals surface area contributed by atoms with Gasteiger partial charge in [0.05, 0.1) is 20.6 Å². The third kappa shape index (κ3) is 6.04. The van der Waals surface area contributed by atoms with Crippen LogP contribution in [0.3, 0.4) is 0 Å². The maximum Gasteiger partial charge on any atom is 0.265 e. The van der Waals surface area contributed by atoms with Gasteiger partial charge in [-0.3, -0.25) is 9.52 Å². The first-order valence-electron chi connectivity index (χ1n) is 8.96. The van der Waals surface area contributed by atoms with Gasteiger partial charge in [-0.15, -0.1) is 0 Å². The molecule has 0 bridgehead atoms. The SMILES string of the molecule is C[C@H](Oc1cccc(Cl)c1)C(=O)Nc1ccc(S(=O)(=O)Nc2cccc(Cl)c2Cl)cc1. The lowest BCUT2D eigenvalue weighted by atomic mass is 10.3. The number of ether oxygens (including phenoxy) is 1. The molecule has 0 heterocycles. The molecule has 0 radical (unpaired) electrons. The molecule has 0 aliphatic rings. The molecular formula is C21H17Cl3N2O4S. The van der Waals surface area contributed by atoms with E-state index in [4.69, 9.17) is 39.5 Å². The van der Waals surface area contributed by atoms with Crippen LogP contribution in [0.5, 0.6) is 5.75 Å². The molecule has 0 spiro atoms. The summed E-state index contributed by atoms with van der Waals surface area (Å²) in [6.45, 7) is 1.59. The number of sulfonamides is 1. The average Bonchev–Trinajstić information content (AvgIpc) is 2.71. The second-order valence-corrected chi connectivity index (χ2v) is 9.34. The van der Waals surface area contributed by atoms with Gasteiger partial charge in [0.15, 0.2) is 6.10 Å². The van der Waals surface area contributed by atoms with Crippen molar-refractivity contribution in [2.45, 2.75) is 17.9 Å². The first kappa shape index (κ1) is 23.2. The fourth-order valence-corrected chi connectivity index (χ4v) is 4.20. The highest BCUT2D eigenvalue weighted by Crippen LogP contribution is 2.31. The third-order valence-corrected chi connectivity index (χ3v) is 6.54. The van der Waals surface area contributed by atoms with Crippen LogP contribution in [0.1, 0.15) is 6.92 Å². The topological polar surface area (TPSA) is 84.5 Å². The van der Waals surface area contributed by atoms with E-state index < -0.39 is 22.0 Å². The first-order valence-corrected chi connectivity index (χ1v) is 11.6. The largest absolute Gasteiger partial charge is 0.481 e. The number of carbonyl (C=O) groups is 1. The van der Waals surface area contributed by atoms with E-state index in [1.165, 1.54) is 30.3 Å². The molecule has 0 saturated heterocycles. The van der Waals surface area contributed by atoms with Gasteiger partial charge in [0.1, 0.15) is 5.75 Å². The van der Waals surface area contributed by atoms with Crippen molar-refractivity contribution in [2.75, 3.05) is 10.0 Å². The lowest BCUT2D eigenvalue weighted by Crippen LogP contribution is -2.30. The molecule has 2 N–H and O–H groups in total. The molecular weight excluding hydrogens is 483 g/mol. The second kappa shape index (κ2) is 9.78. The number of carbonyl (C=O) groups excluding carboxylic acids is 1. The highest BCUT2D eigenvalue weighted by Gasteiger charge is 2.18. The fourth-order valence-electron chi connectivity index (χ4n) is 2.55. The average molecular weight is 500 g/mol. The Morgan fingerprint density at radius 3 is 2.32 bits per heavy atom. The van der Waals surface area contributed by atoms with Crippen molar-refractivity contribution in [3.05, 3.63) is 81.8 Å². The number of nitrogens with one attached hydrogen (secondary N) is 2. The van der Waals surface area contributed by atoms with E-state index in [9.17, 15) is 13.2 Å². The molecule has 1 amide bonds. The van der Waals surface area contributed by atoms with Crippen molar-refractivity contribution >= 4 is 62.1 Å². The summed E-state index contributed by atoms with van der Waals surface area (Å²) in [7, 11) is -3.90. The Hall–Kier alpha value is -2.45. The molecule has 3 rings (SSSR count). The van der Waals surface area contributed by atoms with Crippen molar-refractivity contribution in [3.8, 4) is 5.75 Å². The molecule has 0 aliphatic heterocycles. The molecule has 0 aliphatic carbocycles. The van der Waals surface area contributed by atoms with Crippen LogP contribution >= 0.6 is 34.8 Å². The summed E-state index contributed by atoms with van der Waals surface area (Å²) in [5.41, 5.74) is 0.574. The molecule has 1 atom stereocenters. The number of amides is 1. The summed E-state index contributed by atoms with van der Waals surface area (Å²) in [4.78, 5) is 12.4. The van der Waals surface area contributed by atoms with Crippen LogP contribution in [0, 0.1) is 0 Å². The zero-order chi connectivity index (χ0) is 22.6. The number of hydrogen-bond donors (Lipinski definition) is 2. The zero-order valence-corrected chi connectivity index (χ0v) is 19.2. The van der Waals surface area contributed by atoms with Crippen LogP contribution in [0.4, 0.5) is 11.4 Å². The molecule has 0 saturated carbocycles. The normalized spacial score (nSPS) is 12.1. The summed E-state index contributed by atoms with van der Waals surface area (Å²) in [5, 5.41) is 3.50. The van der Waals surface area contributed by atoms with Crippen LogP contribution < -0.4 is 14.8 Å². The molecule has 0 unspecified atom stereocenters. The Labute approximate surface area is 195 Å². The summed E-state index contributed by atoms with van der Waals surface area (Å²) < 4.78 is 33.2. The first-order chi connectivity index (χ1) is 14.7. The van der Waals surface area contributed by atoms with Crippen molar-refractivity contribution in [2.24, 2.45) is 0 Å². The number of anilines is 2. The Morgan fingerprint density at radius 2 is 1.65 bits per heavy atom. The van der Waals surface area contributed by atoms with Crippen molar-refractivity contribution in [1.82, 2.24) is 0 Å². The maximum absolute atomic E-state index is 12.6. The fraction of sp³-hybridized carbons (Fsp3) is 0.0952. The number of hydrogen-bond acceptors (Lipinski definition) is 4. The predicted octanol–water partition coefficient (Wildman–Crippen LogP) is 5.85. The third-order valence-electron chi connectivity index (χ3n) is 4.11. The molecule has 3 aromatic carbocycles. The molecule has 162 valence electrons. The molecule has 10 heteroatoms. The van der Waals surface area contributed by atoms with Gasteiger partial charge >= 0.3 is 0 Å².